The predicted octanol–water partition coefficient (Wildman–Crippen LogP) is 0.404. The monoisotopic (exact) mass is 207 g/mol. The first kappa shape index (κ1) is 12.4. The molecular formula is C8H14ClNO3. The van der Waals surface area contributed by atoms with Crippen LogP contribution in [0.2, 0.25) is 0 Å². The van der Waals surface area contributed by atoms with Crippen molar-refractivity contribution in [2.75, 3.05) is 20.1 Å². The molecule has 0 aromatic carbocycles. The SMILES string of the molecule is CN1CCC(=O)C(C(=O)O)CC1.Cl. The van der Waals surface area contributed by atoms with E-state index in [1.807, 2.05) is 11.9 Å². The summed E-state index contributed by atoms with van der Waals surface area (Å²) in [6.45, 7) is 1.38. The van der Waals surface area contributed by atoms with Crippen molar-refractivity contribution in [3.8, 4) is 0 Å². The molecule has 0 aromatic rings. The summed E-state index contributed by atoms with van der Waals surface area (Å²) in [6, 6.07) is 0. The number of halogens is 1. The molecule has 0 amide bonds. The maximum atomic E-state index is 11.2. The zero-order valence-electron chi connectivity index (χ0n) is 7.52. The zero-order chi connectivity index (χ0) is 9.14. The fourth-order valence-electron chi connectivity index (χ4n) is 1.36. The lowest BCUT2D eigenvalue weighted by molar-refractivity contribution is -0.146. The number of ketones is 1. The molecular weight excluding hydrogens is 194 g/mol. The van der Waals surface area contributed by atoms with E-state index in [0.29, 0.717) is 25.9 Å². The molecule has 1 aliphatic rings. The van der Waals surface area contributed by atoms with Gasteiger partial charge in [0.2, 0.25) is 0 Å². The van der Waals surface area contributed by atoms with Gasteiger partial charge in [-0.1, -0.05) is 0 Å². The number of hydrogen-bond acceptors (Lipinski definition) is 3. The van der Waals surface area contributed by atoms with Gasteiger partial charge in [-0.15, -0.1) is 12.4 Å². The molecule has 0 aromatic heterocycles. The number of carbonyl (C=O) groups excluding carboxylic acids is 1. The van der Waals surface area contributed by atoms with Crippen LogP contribution in [0.3, 0.4) is 0 Å². The molecule has 1 heterocycles. The number of hydrogen-bond donors (Lipinski definition) is 1. The van der Waals surface area contributed by atoms with Gasteiger partial charge in [0.15, 0.2) is 0 Å². The highest BCUT2D eigenvalue weighted by molar-refractivity contribution is 5.98. The van der Waals surface area contributed by atoms with Crippen molar-refractivity contribution in [1.82, 2.24) is 4.90 Å². The first-order valence-corrected chi connectivity index (χ1v) is 4.05. The Morgan fingerprint density at radius 2 is 2.15 bits per heavy atom. The Bertz CT molecular complexity index is 208. The minimum Gasteiger partial charge on any atom is -0.481 e. The molecule has 76 valence electrons. The molecule has 0 spiro atoms. The Morgan fingerprint density at radius 1 is 1.54 bits per heavy atom. The van der Waals surface area contributed by atoms with E-state index in [2.05, 4.69) is 0 Å². The van der Waals surface area contributed by atoms with Crippen LogP contribution >= 0.6 is 12.4 Å². The van der Waals surface area contributed by atoms with Crippen molar-refractivity contribution < 1.29 is 14.7 Å². The highest BCUT2D eigenvalue weighted by Crippen LogP contribution is 2.13. The number of likely N-dealkylation sites (tertiary alicyclic amines) is 1. The van der Waals surface area contributed by atoms with Gasteiger partial charge in [-0.25, -0.2) is 0 Å². The molecule has 1 aliphatic heterocycles. The molecule has 1 N–H and O–H groups in total. The van der Waals surface area contributed by atoms with Crippen molar-refractivity contribution in [2.45, 2.75) is 12.8 Å². The van der Waals surface area contributed by atoms with E-state index in [0.717, 1.165) is 0 Å². The third-order valence-corrected chi connectivity index (χ3v) is 2.23. The van der Waals surface area contributed by atoms with E-state index in [9.17, 15) is 9.59 Å². The second-order valence-corrected chi connectivity index (χ2v) is 3.20. The summed E-state index contributed by atoms with van der Waals surface area (Å²) in [4.78, 5) is 23.8. The Morgan fingerprint density at radius 3 is 2.69 bits per heavy atom. The number of Topliss-reactive ketones (excluding diaryl/α,β-unsaturated/α-hetero) is 1. The van der Waals surface area contributed by atoms with Gasteiger partial charge < -0.3 is 10.0 Å². The number of nitrogens with zero attached hydrogens (tertiary/aromatic N) is 1. The molecule has 0 radical (unpaired) electrons. The predicted molar refractivity (Wildman–Crippen MR) is 50.1 cm³/mol. The largest absolute Gasteiger partial charge is 0.481 e. The van der Waals surface area contributed by atoms with Crippen LogP contribution in [-0.2, 0) is 9.59 Å². The second-order valence-electron chi connectivity index (χ2n) is 3.20. The molecule has 0 bridgehead atoms. The lowest BCUT2D eigenvalue weighted by Crippen LogP contribution is -2.23. The third kappa shape index (κ3) is 3.32. The van der Waals surface area contributed by atoms with Crippen LogP contribution < -0.4 is 0 Å². The van der Waals surface area contributed by atoms with E-state index in [-0.39, 0.29) is 18.2 Å². The van der Waals surface area contributed by atoms with Gasteiger partial charge in [0, 0.05) is 13.0 Å². The fraction of sp³-hybridized carbons (Fsp3) is 0.750. The Labute approximate surface area is 83.3 Å². The van der Waals surface area contributed by atoms with E-state index in [1.165, 1.54) is 0 Å². The van der Waals surface area contributed by atoms with Gasteiger partial charge in [0.1, 0.15) is 11.7 Å². The van der Waals surface area contributed by atoms with Gasteiger partial charge in [-0.2, -0.15) is 0 Å². The number of carboxylic acids is 1. The average molecular weight is 208 g/mol. The molecule has 1 fully saturated rings. The summed E-state index contributed by atoms with van der Waals surface area (Å²) in [6.07, 6.45) is 0.818. The van der Waals surface area contributed by atoms with E-state index < -0.39 is 11.9 Å². The van der Waals surface area contributed by atoms with Crippen LogP contribution in [0.1, 0.15) is 12.8 Å². The minimum absolute atomic E-state index is 0. The van der Waals surface area contributed by atoms with Crippen LogP contribution in [0.25, 0.3) is 0 Å². The Hall–Kier alpha value is -0.610. The molecule has 1 rings (SSSR count). The fourth-order valence-corrected chi connectivity index (χ4v) is 1.36. The summed E-state index contributed by atoms with van der Waals surface area (Å²) < 4.78 is 0. The maximum Gasteiger partial charge on any atom is 0.314 e. The minimum atomic E-state index is -0.977. The smallest absolute Gasteiger partial charge is 0.314 e. The topological polar surface area (TPSA) is 57.6 Å². The summed E-state index contributed by atoms with van der Waals surface area (Å²) in [5.41, 5.74) is 0. The van der Waals surface area contributed by atoms with Crippen LogP contribution in [0.5, 0.6) is 0 Å². The van der Waals surface area contributed by atoms with Crippen LogP contribution in [0.4, 0.5) is 0 Å². The lowest BCUT2D eigenvalue weighted by Gasteiger charge is -2.10. The second kappa shape index (κ2) is 5.19. The highest BCUT2D eigenvalue weighted by Gasteiger charge is 2.28. The first-order chi connectivity index (χ1) is 5.61. The molecule has 4 nitrogen and oxygen atoms in total. The van der Waals surface area contributed by atoms with Crippen molar-refractivity contribution in [2.24, 2.45) is 5.92 Å². The number of aliphatic carboxylic acids is 1. The highest BCUT2D eigenvalue weighted by atomic mass is 35.5. The van der Waals surface area contributed by atoms with Crippen molar-refractivity contribution in [3.63, 3.8) is 0 Å². The van der Waals surface area contributed by atoms with Crippen molar-refractivity contribution in [3.05, 3.63) is 0 Å². The first-order valence-electron chi connectivity index (χ1n) is 4.05. The van der Waals surface area contributed by atoms with Crippen molar-refractivity contribution in [1.29, 1.82) is 0 Å². The molecule has 0 saturated carbocycles. The molecule has 1 atom stereocenters. The van der Waals surface area contributed by atoms with Gasteiger partial charge >= 0.3 is 5.97 Å². The third-order valence-electron chi connectivity index (χ3n) is 2.23. The molecule has 13 heavy (non-hydrogen) atoms. The maximum absolute atomic E-state index is 11.2. The molecule has 0 aliphatic carbocycles. The van der Waals surface area contributed by atoms with E-state index in [1.54, 1.807) is 0 Å². The summed E-state index contributed by atoms with van der Waals surface area (Å²) >= 11 is 0. The quantitative estimate of drug-likeness (QED) is 0.633. The average Bonchev–Trinajstić information content (AvgIpc) is 2.14. The van der Waals surface area contributed by atoms with Gasteiger partial charge in [0.25, 0.3) is 0 Å². The molecule has 1 unspecified atom stereocenters. The Balaban J connectivity index is 0.00000144. The van der Waals surface area contributed by atoms with Crippen LogP contribution in [-0.4, -0.2) is 41.9 Å². The van der Waals surface area contributed by atoms with E-state index >= 15 is 0 Å². The zero-order valence-corrected chi connectivity index (χ0v) is 8.34. The van der Waals surface area contributed by atoms with E-state index in [4.69, 9.17) is 5.11 Å². The summed E-state index contributed by atoms with van der Waals surface area (Å²) in [7, 11) is 1.90. The lowest BCUT2D eigenvalue weighted by atomic mass is 10.00. The van der Waals surface area contributed by atoms with Gasteiger partial charge in [-0.3, -0.25) is 9.59 Å². The van der Waals surface area contributed by atoms with Crippen LogP contribution in [0, 0.1) is 5.92 Å². The Kier molecular flexibility index (Phi) is 4.95. The summed E-state index contributed by atoms with van der Waals surface area (Å²) in [5, 5.41) is 8.68. The summed E-state index contributed by atoms with van der Waals surface area (Å²) in [5.74, 6) is -1.88. The van der Waals surface area contributed by atoms with Gasteiger partial charge in [0.05, 0.1) is 0 Å². The van der Waals surface area contributed by atoms with Crippen molar-refractivity contribution >= 4 is 24.2 Å². The molecule has 1 saturated heterocycles. The standard InChI is InChI=1S/C8H13NO3.ClH/c1-9-4-2-6(8(11)12)7(10)3-5-9;/h6H,2-5H2,1H3,(H,11,12);1H. The number of carbonyl (C=O) groups is 2. The number of rotatable bonds is 1. The number of carboxylic acid groups (broad SMARTS) is 1. The van der Waals surface area contributed by atoms with Gasteiger partial charge in [-0.05, 0) is 20.0 Å². The normalized spacial score (nSPS) is 24.7. The molecule has 5 heteroatoms. The van der Waals surface area contributed by atoms with Crippen LogP contribution in [0.15, 0.2) is 0 Å².